The smallest absolute Gasteiger partial charge is 0.120 e. The molecule has 2 aliphatic carbocycles. The molecule has 0 radical (unpaired) electrons. The van der Waals surface area contributed by atoms with Crippen molar-refractivity contribution in [3.8, 4) is 5.75 Å². The zero-order chi connectivity index (χ0) is 14.4. The first-order chi connectivity index (χ1) is 10.2. The van der Waals surface area contributed by atoms with E-state index in [-0.39, 0.29) is 0 Å². The summed E-state index contributed by atoms with van der Waals surface area (Å²) >= 11 is 0. The molecule has 0 bridgehead atoms. The van der Waals surface area contributed by atoms with E-state index in [4.69, 9.17) is 4.74 Å². The maximum absolute atomic E-state index is 6.00. The SMILES string of the molecule is CN(C)C1CC(n2ccc3cc(OC4CCC4)ccc32)C1. The Morgan fingerprint density at radius 2 is 1.95 bits per heavy atom. The molecule has 0 spiro atoms. The van der Waals surface area contributed by atoms with Crippen molar-refractivity contribution in [3.63, 3.8) is 0 Å². The summed E-state index contributed by atoms with van der Waals surface area (Å²) in [6.45, 7) is 0. The minimum atomic E-state index is 0.456. The summed E-state index contributed by atoms with van der Waals surface area (Å²) in [6, 6.07) is 10.2. The van der Waals surface area contributed by atoms with Gasteiger partial charge < -0.3 is 14.2 Å². The lowest BCUT2D eigenvalue weighted by atomic mass is 9.85. The highest BCUT2D eigenvalue weighted by atomic mass is 16.5. The lowest BCUT2D eigenvalue weighted by Crippen LogP contribution is -2.41. The fraction of sp³-hybridized carbons (Fsp3) is 0.556. The molecule has 3 nitrogen and oxygen atoms in total. The molecular weight excluding hydrogens is 260 g/mol. The van der Waals surface area contributed by atoms with Crippen molar-refractivity contribution in [1.82, 2.24) is 9.47 Å². The third-order valence-electron chi connectivity index (χ3n) is 5.26. The summed E-state index contributed by atoms with van der Waals surface area (Å²) < 4.78 is 8.45. The Hall–Kier alpha value is -1.48. The Labute approximate surface area is 126 Å². The average molecular weight is 284 g/mol. The molecule has 2 aromatic rings. The van der Waals surface area contributed by atoms with Crippen LogP contribution < -0.4 is 4.74 Å². The van der Waals surface area contributed by atoms with E-state index in [2.05, 4.69) is 54.0 Å². The Bertz CT molecular complexity index is 636. The maximum Gasteiger partial charge on any atom is 0.120 e. The van der Waals surface area contributed by atoms with Crippen LogP contribution in [-0.2, 0) is 0 Å². The normalized spacial score (nSPS) is 25.9. The lowest BCUT2D eigenvalue weighted by molar-refractivity contribution is 0.120. The van der Waals surface area contributed by atoms with Crippen molar-refractivity contribution in [1.29, 1.82) is 0 Å². The molecule has 2 aliphatic rings. The molecule has 3 heteroatoms. The van der Waals surface area contributed by atoms with E-state index >= 15 is 0 Å². The summed E-state index contributed by atoms with van der Waals surface area (Å²) in [4.78, 5) is 2.34. The summed E-state index contributed by atoms with van der Waals surface area (Å²) in [5.74, 6) is 1.03. The first kappa shape index (κ1) is 13.2. The second-order valence-corrected chi connectivity index (χ2v) is 6.86. The van der Waals surface area contributed by atoms with Gasteiger partial charge in [-0.25, -0.2) is 0 Å². The molecular formula is C18H24N2O. The zero-order valence-corrected chi connectivity index (χ0v) is 13.0. The van der Waals surface area contributed by atoms with Crippen molar-refractivity contribution in [2.75, 3.05) is 14.1 Å². The predicted octanol–water partition coefficient (Wildman–Crippen LogP) is 3.84. The molecule has 1 aromatic heterocycles. The summed E-state index contributed by atoms with van der Waals surface area (Å²) in [5, 5.41) is 1.31. The molecule has 112 valence electrons. The summed E-state index contributed by atoms with van der Waals surface area (Å²) in [7, 11) is 4.36. The van der Waals surface area contributed by atoms with Gasteiger partial charge >= 0.3 is 0 Å². The first-order valence-corrected chi connectivity index (χ1v) is 8.14. The molecule has 21 heavy (non-hydrogen) atoms. The Kier molecular flexibility index (Phi) is 3.18. The number of hydrogen-bond donors (Lipinski definition) is 0. The summed E-state index contributed by atoms with van der Waals surface area (Å²) in [6.07, 6.45) is 8.97. The highest BCUT2D eigenvalue weighted by molar-refractivity contribution is 5.81. The van der Waals surface area contributed by atoms with Gasteiger partial charge in [-0.05, 0) is 70.5 Å². The van der Waals surface area contributed by atoms with E-state index in [1.165, 1.54) is 43.0 Å². The van der Waals surface area contributed by atoms with Crippen molar-refractivity contribution in [3.05, 3.63) is 30.5 Å². The van der Waals surface area contributed by atoms with Gasteiger partial charge in [-0.15, -0.1) is 0 Å². The molecule has 0 N–H and O–H groups in total. The van der Waals surface area contributed by atoms with E-state index in [1.54, 1.807) is 0 Å². The third-order valence-corrected chi connectivity index (χ3v) is 5.26. The van der Waals surface area contributed by atoms with Crippen LogP contribution in [0.1, 0.15) is 38.1 Å². The van der Waals surface area contributed by atoms with E-state index < -0.39 is 0 Å². The fourth-order valence-electron chi connectivity index (χ4n) is 3.42. The second-order valence-electron chi connectivity index (χ2n) is 6.86. The monoisotopic (exact) mass is 284 g/mol. The number of hydrogen-bond acceptors (Lipinski definition) is 2. The number of benzene rings is 1. The highest BCUT2D eigenvalue weighted by Gasteiger charge is 2.32. The van der Waals surface area contributed by atoms with Crippen LogP contribution in [0.4, 0.5) is 0 Å². The maximum atomic E-state index is 6.00. The van der Waals surface area contributed by atoms with Crippen LogP contribution in [0, 0.1) is 0 Å². The van der Waals surface area contributed by atoms with Crippen LogP contribution in [0.3, 0.4) is 0 Å². The van der Waals surface area contributed by atoms with Gasteiger partial charge in [-0.2, -0.15) is 0 Å². The molecule has 2 fully saturated rings. The second kappa shape index (κ2) is 5.06. The average Bonchev–Trinajstić information content (AvgIpc) is 2.75. The van der Waals surface area contributed by atoms with Gasteiger partial charge in [0.05, 0.1) is 6.10 Å². The predicted molar refractivity (Wildman–Crippen MR) is 86.0 cm³/mol. The highest BCUT2D eigenvalue weighted by Crippen LogP contribution is 2.38. The van der Waals surface area contributed by atoms with E-state index in [9.17, 15) is 0 Å². The van der Waals surface area contributed by atoms with Gasteiger partial charge in [0.1, 0.15) is 5.75 Å². The molecule has 0 unspecified atom stereocenters. The van der Waals surface area contributed by atoms with Crippen molar-refractivity contribution < 1.29 is 4.74 Å². The molecule has 0 atom stereocenters. The standard InChI is InChI=1S/C18H24N2O/c1-19(2)14-11-15(12-14)20-9-8-13-10-17(6-7-18(13)20)21-16-4-3-5-16/h6-10,14-16H,3-5,11-12H2,1-2H3. The lowest BCUT2D eigenvalue weighted by Gasteiger charge is -2.40. The fourth-order valence-corrected chi connectivity index (χ4v) is 3.42. The molecule has 0 aliphatic heterocycles. The Morgan fingerprint density at radius 3 is 2.62 bits per heavy atom. The molecule has 4 rings (SSSR count). The topological polar surface area (TPSA) is 17.4 Å². The number of nitrogens with zero attached hydrogens (tertiary/aromatic N) is 2. The third kappa shape index (κ3) is 2.34. The van der Waals surface area contributed by atoms with Gasteiger partial charge in [-0.3, -0.25) is 0 Å². The van der Waals surface area contributed by atoms with Crippen LogP contribution in [0.25, 0.3) is 10.9 Å². The number of rotatable bonds is 4. The van der Waals surface area contributed by atoms with E-state index in [0.717, 1.165) is 11.8 Å². The van der Waals surface area contributed by atoms with Gasteiger partial charge in [-0.1, -0.05) is 0 Å². The van der Waals surface area contributed by atoms with Crippen molar-refractivity contribution >= 4 is 10.9 Å². The largest absolute Gasteiger partial charge is 0.490 e. The van der Waals surface area contributed by atoms with Crippen LogP contribution in [0.5, 0.6) is 5.75 Å². The molecule has 1 aromatic carbocycles. The summed E-state index contributed by atoms with van der Waals surface area (Å²) in [5.41, 5.74) is 1.35. The molecule has 0 amide bonds. The number of ether oxygens (including phenoxy) is 1. The van der Waals surface area contributed by atoms with E-state index in [1.807, 2.05) is 0 Å². The molecule has 2 saturated carbocycles. The van der Waals surface area contributed by atoms with Crippen molar-refractivity contribution in [2.24, 2.45) is 0 Å². The van der Waals surface area contributed by atoms with Crippen molar-refractivity contribution in [2.45, 2.75) is 50.3 Å². The van der Waals surface area contributed by atoms with E-state index in [0.29, 0.717) is 12.1 Å². The number of aromatic nitrogens is 1. The van der Waals surface area contributed by atoms with Gasteiger partial charge in [0, 0.05) is 29.2 Å². The Balaban J connectivity index is 1.52. The zero-order valence-electron chi connectivity index (χ0n) is 13.0. The van der Waals surface area contributed by atoms with Gasteiger partial charge in [0.2, 0.25) is 0 Å². The Morgan fingerprint density at radius 1 is 1.14 bits per heavy atom. The van der Waals surface area contributed by atoms with Crippen LogP contribution >= 0.6 is 0 Å². The van der Waals surface area contributed by atoms with Crippen LogP contribution in [0.15, 0.2) is 30.5 Å². The molecule has 0 saturated heterocycles. The molecule has 1 heterocycles. The quantitative estimate of drug-likeness (QED) is 0.849. The first-order valence-electron chi connectivity index (χ1n) is 8.14. The number of fused-ring (bicyclic) bond motifs is 1. The minimum Gasteiger partial charge on any atom is -0.490 e. The minimum absolute atomic E-state index is 0.456. The van der Waals surface area contributed by atoms with Crippen LogP contribution in [-0.4, -0.2) is 35.7 Å². The van der Waals surface area contributed by atoms with Gasteiger partial charge in [0.25, 0.3) is 0 Å². The van der Waals surface area contributed by atoms with Gasteiger partial charge in [0.15, 0.2) is 0 Å². The van der Waals surface area contributed by atoms with Crippen LogP contribution in [0.2, 0.25) is 0 Å².